The molecule has 134 valence electrons. The van der Waals surface area contributed by atoms with Crippen LogP contribution in [-0.4, -0.2) is 0 Å². The molecule has 1 aromatic rings. The fourth-order valence-electron chi connectivity index (χ4n) is 4.33. The zero-order valence-electron chi connectivity index (χ0n) is 17.1. The molecule has 0 aliphatic heterocycles. The van der Waals surface area contributed by atoms with Crippen LogP contribution in [0.5, 0.6) is 0 Å². The summed E-state index contributed by atoms with van der Waals surface area (Å²) in [5.74, 6) is 0. The van der Waals surface area contributed by atoms with E-state index in [2.05, 4.69) is 79.0 Å². The lowest BCUT2D eigenvalue weighted by Crippen LogP contribution is -2.20. The van der Waals surface area contributed by atoms with Gasteiger partial charge in [0.15, 0.2) is 0 Å². The third-order valence-corrected chi connectivity index (χ3v) is 5.20. The molecule has 0 unspecified atom stereocenters. The van der Waals surface area contributed by atoms with Crippen LogP contribution in [-0.2, 0) is 0 Å². The van der Waals surface area contributed by atoms with Crippen molar-refractivity contribution in [1.82, 2.24) is 0 Å². The predicted molar refractivity (Wildman–Crippen MR) is 113 cm³/mol. The average Bonchev–Trinajstić information content (AvgIpc) is 2.48. The zero-order chi connectivity index (χ0) is 18.8. The minimum Gasteiger partial charge on any atom is -0.0958 e. The van der Waals surface area contributed by atoms with Gasteiger partial charge in [0.25, 0.3) is 0 Å². The van der Waals surface area contributed by atoms with E-state index in [-0.39, 0.29) is 0 Å². The average molecular weight is 335 g/mol. The molecule has 1 aliphatic carbocycles. The fourth-order valence-corrected chi connectivity index (χ4v) is 4.33. The second kappa shape index (κ2) is 7.60. The normalized spacial score (nSPS) is 18.2. The molecule has 0 N–H and O–H groups in total. The van der Waals surface area contributed by atoms with Crippen LogP contribution >= 0.6 is 0 Å². The number of allylic oxidation sites excluding steroid dienone is 6. The van der Waals surface area contributed by atoms with Crippen LogP contribution in [0.25, 0.3) is 5.57 Å². The standard InChI is InChI=1S/C25H34/c1-9-12-21(17(2)3)24(22-14-11-10-13-18(22)4)23-19(5)15-25(7,8)16-20(23)6/h10-11,13-14H,2,5,9,12,15-16H2,1,3-4,6-8H3/b24-21-. The summed E-state index contributed by atoms with van der Waals surface area (Å²) < 4.78 is 0. The van der Waals surface area contributed by atoms with E-state index >= 15 is 0 Å². The van der Waals surface area contributed by atoms with Crippen LogP contribution < -0.4 is 0 Å². The highest BCUT2D eigenvalue weighted by Gasteiger charge is 2.30. The van der Waals surface area contributed by atoms with Gasteiger partial charge >= 0.3 is 0 Å². The molecule has 0 heterocycles. The summed E-state index contributed by atoms with van der Waals surface area (Å²) in [5, 5.41) is 0. The van der Waals surface area contributed by atoms with Gasteiger partial charge in [-0.25, -0.2) is 0 Å². The van der Waals surface area contributed by atoms with Crippen molar-refractivity contribution < 1.29 is 0 Å². The molecule has 0 atom stereocenters. The van der Waals surface area contributed by atoms with Crippen molar-refractivity contribution in [1.29, 1.82) is 0 Å². The summed E-state index contributed by atoms with van der Waals surface area (Å²) in [6, 6.07) is 8.74. The van der Waals surface area contributed by atoms with E-state index in [4.69, 9.17) is 0 Å². The van der Waals surface area contributed by atoms with Gasteiger partial charge in [-0.1, -0.05) is 75.8 Å². The first-order chi connectivity index (χ1) is 11.7. The first-order valence-electron chi connectivity index (χ1n) is 9.51. The molecule has 0 amide bonds. The van der Waals surface area contributed by atoms with Gasteiger partial charge in [-0.2, -0.15) is 0 Å². The summed E-state index contributed by atoms with van der Waals surface area (Å²) >= 11 is 0. The Morgan fingerprint density at radius 1 is 1.12 bits per heavy atom. The predicted octanol–water partition coefficient (Wildman–Crippen LogP) is 7.82. The number of hydrogen-bond donors (Lipinski definition) is 0. The summed E-state index contributed by atoms with van der Waals surface area (Å²) in [6.45, 7) is 22.4. The van der Waals surface area contributed by atoms with E-state index in [0.29, 0.717) is 5.41 Å². The Labute approximate surface area is 155 Å². The number of aryl methyl sites for hydroxylation is 1. The van der Waals surface area contributed by atoms with Crippen molar-refractivity contribution in [3.8, 4) is 0 Å². The van der Waals surface area contributed by atoms with Gasteiger partial charge in [-0.3, -0.25) is 0 Å². The molecule has 0 saturated carbocycles. The third kappa shape index (κ3) is 4.24. The maximum absolute atomic E-state index is 4.50. The van der Waals surface area contributed by atoms with Gasteiger partial charge < -0.3 is 0 Å². The van der Waals surface area contributed by atoms with Gasteiger partial charge in [0.1, 0.15) is 0 Å². The monoisotopic (exact) mass is 334 g/mol. The summed E-state index contributed by atoms with van der Waals surface area (Å²) in [4.78, 5) is 0. The number of hydrogen-bond acceptors (Lipinski definition) is 0. The first kappa shape index (κ1) is 19.5. The molecule has 0 spiro atoms. The van der Waals surface area contributed by atoms with Gasteiger partial charge in [0.05, 0.1) is 0 Å². The first-order valence-corrected chi connectivity index (χ1v) is 9.51. The smallest absolute Gasteiger partial charge is 0.00722 e. The van der Waals surface area contributed by atoms with Gasteiger partial charge in [-0.05, 0) is 78.9 Å². The Bertz CT molecular complexity index is 750. The van der Waals surface area contributed by atoms with Crippen LogP contribution in [0.15, 0.2) is 65.3 Å². The van der Waals surface area contributed by atoms with Crippen LogP contribution in [0.1, 0.15) is 71.4 Å². The largest absolute Gasteiger partial charge is 0.0958 e. The summed E-state index contributed by atoms with van der Waals surface area (Å²) in [5.41, 5.74) is 11.1. The molecular weight excluding hydrogens is 300 g/mol. The molecule has 0 bridgehead atoms. The van der Waals surface area contributed by atoms with Crippen LogP contribution in [0, 0.1) is 12.3 Å². The van der Waals surface area contributed by atoms with E-state index < -0.39 is 0 Å². The van der Waals surface area contributed by atoms with E-state index in [1.807, 2.05) is 0 Å². The molecule has 0 fully saturated rings. The third-order valence-electron chi connectivity index (χ3n) is 5.20. The van der Waals surface area contributed by atoms with Crippen molar-refractivity contribution in [2.24, 2.45) is 5.41 Å². The molecular formula is C25H34. The topological polar surface area (TPSA) is 0 Å². The lowest BCUT2D eigenvalue weighted by molar-refractivity contribution is 0.349. The van der Waals surface area contributed by atoms with Crippen molar-refractivity contribution in [3.63, 3.8) is 0 Å². The van der Waals surface area contributed by atoms with E-state index in [1.165, 1.54) is 44.6 Å². The molecule has 0 saturated heterocycles. The fraction of sp³-hybridized carbons (Fsp3) is 0.440. The molecule has 0 nitrogen and oxygen atoms in total. The molecule has 1 aliphatic rings. The highest BCUT2D eigenvalue weighted by Crippen LogP contribution is 2.47. The Balaban J connectivity index is 2.81. The Morgan fingerprint density at radius 2 is 1.76 bits per heavy atom. The minimum absolute atomic E-state index is 0.301. The van der Waals surface area contributed by atoms with E-state index in [0.717, 1.165) is 25.7 Å². The second-order valence-electron chi connectivity index (χ2n) is 8.48. The number of rotatable bonds is 5. The summed E-state index contributed by atoms with van der Waals surface area (Å²) in [6.07, 6.45) is 4.38. The molecule has 1 aromatic carbocycles. The molecule has 0 aromatic heterocycles. The minimum atomic E-state index is 0.301. The lowest BCUT2D eigenvalue weighted by atomic mass is 9.69. The van der Waals surface area contributed by atoms with Crippen LogP contribution in [0.2, 0.25) is 0 Å². The highest BCUT2D eigenvalue weighted by molar-refractivity contribution is 5.89. The van der Waals surface area contributed by atoms with Crippen molar-refractivity contribution >= 4 is 5.57 Å². The van der Waals surface area contributed by atoms with Crippen LogP contribution in [0.3, 0.4) is 0 Å². The lowest BCUT2D eigenvalue weighted by Gasteiger charge is -2.36. The van der Waals surface area contributed by atoms with Crippen molar-refractivity contribution in [2.45, 2.75) is 67.2 Å². The Hall–Kier alpha value is -1.82. The van der Waals surface area contributed by atoms with Gasteiger partial charge in [0.2, 0.25) is 0 Å². The number of benzene rings is 1. The van der Waals surface area contributed by atoms with E-state index in [1.54, 1.807) is 0 Å². The Morgan fingerprint density at radius 3 is 2.28 bits per heavy atom. The van der Waals surface area contributed by atoms with E-state index in [9.17, 15) is 0 Å². The Kier molecular flexibility index (Phi) is 5.93. The SMILES string of the molecule is C=C1CC(C)(C)CC(C)=C1/C(=C(/CCC)C(=C)C)c1ccccc1C. The van der Waals surface area contributed by atoms with Gasteiger partial charge in [-0.15, -0.1) is 0 Å². The maximum atomic E-state index is 4.50. The summed E-state index contributed by atoms with van der Waals surface area (Å²) in [7, 11) is 0. The molecule has 0 radical (unpaired) electrons. The molecule has 0 heteroatoms. The highest BCUT2D eigenvalue weighted by atomic mass is 14.3. The molecule has 25 heavy (non-hydrogen) atoms. The maximum Gasteiger partial charge on any atom is -0.00722 e. The molecule has 2 rings (SSSR count). The van der Waals surface area contributed by atoms with Crippen LogP contribution in [0.4, 0.5) is 0 Å². The zero-order valence-corrected chi connectivity index (χ0v) is 17.1. The second-order valence-corrected chi connectivity index (χ2v) is 8.48. The van der Waals surface area contributed by atoms with Gasteiger partial charge in [0, 0.05) is 0 Å². The quantitative estimate of drug-likeness (QED) is 0.481. The van der Waals surface area contributed by atoms with Crippen molar-refractivity contribution in [3.05, 3.63) is 76.4 Å². The van der Waals surface area contributed by atoms with Crippen molar-refractivity contribution in [2.75, 3.05) is 0 Å².